The van der Waals surface area contributed by atoms with E-state index >= 15 is 0 Å². The molecule has 1 fully saturated rings. The summed E-state index contributed by atoms with van der Waals surface area (Å²) >= 11 is 1.73. The lowest BCUT2D eigenvalue weighted by atomic mass is 10.0. The number of aliphatic hydroxyl groups excluding tert-OH is 2. The number of aromatic amines is 2. The Morgan fingerprint density at radius 1 is 1.32 bits per heavy atom. The summed E-state index contributed by atoms with van der Waals surface area (Å²) in [5.41, 5.74) is 1.34. The highest BCUT2D eigenvalue weighted by Crippen LogP contribution is 2.32. The fourth-order valence-corrected chi connectivity index (χ4v) is 3.67. The zero-order valence-corrected chi connectivity index (χ0v) is 13.2. The molecular weight excluding hydrogens is 304 g/mol. The van der Waals surface area contributed by atoms with Gasteiger partial charge < -0.3 is 25.5 Å². The Hall–Kier alpha value is -1.35. The summed E-state index contributed by atoms with van der Waals surface area (Å²) in [5, 5.41) is 24.3. The molecule has 5 N–H and O–H groups in total. The summed E-state index contributed by atoms with van der Waals surface area (Å²) < 4.78 is 0. The molecule has 0 unspecified atom stereocenters. The Kier molecular flexibility index (Phi) is 4.26. The van der Waals surface area contributed by atoms with E-state index in [2.05, 4.69) is 34.1 Å². The van der Waals surface area contributed by atoms with Crippen LogP contribution in [0.4, 0.5) is 0 Å². The van der Waals surface area contributed by atoms with E-state index in [9.17, 15) is 15.0 Å². The standard InChI is InChI=1S/C14H20N4O3S/c1-6(2)22-4-8-12(19)13(20)10(18-8)7-3-15-11-9(7)16-5-17-14(11)21/h3,5-6,8,10,12-13,15,18-20H,4H2,1-2H3,(H,16,17,21)/t8-,10+,12-,13+/m1/s1. The van der Waals surface area contributed by atoms with Crippen molar-refractivity contribution in [2.24, 2.45) is 0 Å². The van der Waals surface area contributed by atoms with Crippen LogP contribution in [-0.4, -0.2) is 54.4 Å². The highest BCUT2D eigenvalue weighted by Gasteiger charge is 2.42. The van der Waals surface area contributed by atoms with Gasteiger partial charge >= 0.3 is 0 Å². The molecule has 8 heteroatoms. The Morgan fingerprint density at radius 3 is 2.82 bits per heavy atom. The van der Waals surface area contributed by atoms with Crippen molar-refractivity contribution in [2.75, 3.05) is 5.75 Å². The van der Waals surface area contributed by atoms with Crippen LogP contribution in [0.15, 0.2) is 17.3 Å². The lowest BCUT2D eigenvalue weighted by Gasteiger charge is -2.16. The summed E-state index contributed by atoms with van der Waals surface area (Å²) in [5.74, 6) is 0.711. The third kappa shape index (κ3) is 2.67. The van der Waals surface area contributed by atoms with Gasteiger partial charge in [0.05, 0.1) is 18.5 Å². The van der Waals surface area contributed by atoms with E-state index in [0.717, 1.165) is 0 Å². The number of hydrogen-bond acceptors (Lipinski definition) is 6. The second kappa shape index (κ2) is 6.04. The van der Waals surface area contributed by atoms with Crippen LogP contribution in [0.1, 0.15) is 25.5 Å². The minimum atomic E-state index is -0.933. The summed E-state index contributed by atoms with van der Waals surface area (Å²) in [6.45, 7) is 4.19. The monoisotopic (exact) mass is 324 g/mol. The fourth-order valence-electron chi connectivity index (χ4n) is 2.79. The molecule has 1 aliphatic heterocycles. The van der Waals surface area contributed by atoms with Crippen molar-refractivity contribution in [3.63, 3.8) is 0 Å². The van der Waals surface area contributed by atoms with Crippen LogP contribution in [0.3, 0.4) is 0 Å². The van der Waals surface area contributed by atoms with Gasteiger partial charge in [-0.05, 0) is 5.25 Å². The molecule has 7 nitrogen and oxygen atoms in total. The SMILES string of the molecule is CC(C)SC[C@H]1N[C@@H](c2c[nH]c3c(=O)[nH]cnc23)[C@H](O)[C@@H]1O. The maximum atomic E-state index is 11.7. The number of H-pyrrole nitrogens is 2. The predicted molar refractivity (Wildman–Crippen MR) is 86.0 cm³/mol. The molecule has 1 saturated heterocycles. The summed E-state index contributed by atoms with van der Waals surface area (Å²) in [7, 11) is 0. The normalized spacial score (nSPS) is 28.8. The Labute approximate surface area is 131 Å². The van der Waals surface area contributed by atoms with Gasteiger partial charge in [0.2, 0.25) is 0 Å². The molecule has 2 aromatic rings. The maximum absolute atomic E-state index is 11.7. The van der Waals surface area contributed by atoms with E-state index in [1.54, 1.807) is 18.0 Å². The lowest BCUT2D eigenvalue weighted by Crippen LogP contribution is -2.35. The minimum Gasteiger partial charge on any atom is -0.389 e. The topological polar surface area (TPSA) is 114 Å². The Bertz CT molecular complexity index is 713. The molecule has 0 aromatic carbocycles. The number of fused-ring (bicyclic) bond motifs is 1. The number of rotatable bonds is 4. The number of thioether (sulfide) groups is 1. The van der Waals surface area contributed by atoms with Gasteiger partial charge in [-0.1, -0.05) is 13.8 Å². The van der Waals surface area contributed by atoms with Crippen LogP contribution in [0.2, 0.25) is 0 Å². The van der Waals surface area contributed by atoms with Crippen LogP contribution < -0.4 is 10.9 Å². The second-order valence-corrected chi connectivity index (χ2v) is 7.42. The molecule has 0 bridgehead atoms. The molecule has 4 atom stereocenters. The average Bonchev–Trinajstić information content (AvgIpc) is 3.01. The molecule has 22 heavy (non-hydrogen) atoms. The smallest absolute Gasteiger partial charge is 0.275 e. The highest BCUT2D eigenvalue weighted by atomic mass is 32.2. The quantitative estimate of drug-likeness (QED) is 0.546. The third-order valence-electron chi connectivity index (χ3n) is 3.94. The van der Waals surface area contributed by atoms with Crippen molar-refractivity contribution in [2.45, 2.75) is 43.4 Å². The summed E-state index contributed by atoms with van der Waals surface area (Å²) in [4.78, 5) is 21.3. The van der Waals surface area contributed by atoms with Gasteiger partial charge in [0, 0.05) is 23.6 Å². The van der Waals surface area contributed by atoms with Gasteiger partial charge in [-0.15, -0.1) is 0 Å². The molecule has 3 heterocycles. The van der Waals surface area contributed by atoms with Crippen LogP contribution in [0.25, 0.3) is 11.0 Å². The number of aliphatic hydroxyl groups is 2. The molecule has 2 aromatic heterocycles. The first-order chi connectivity index (χ1) is 10.5. The summed E-state index contributed by atoms with van der Waals surface area (Å²) in [6.07, 6.45) is 1.23. The van der Waals surface area contributed by atoms with Gasteiger partial charge in [-0.25, -0.2) is 4.98 Å². The number of nitrogens with zero attached hydrogens (tertiary/aromatic N) is 1. The van der Waals surface area contributed by atoms with E-state index in [4.69, 9.17) is 0 Å². The molecule has 0 amide bonds. The maximum Gasteiger partial charge on any atom is 0.275 e. The molecule has 1 aliphatic rings. The number of nitrogens with one attached hydrogen (secondary N) is 3. The number of hydrogen-bond donors (Lipinski definition) is 5. The zero-order valence-electron chi connectivity index (χ0n) is 12.4. The second-order valence-electron chi connectivity index (χ2n) is 5.81. The van der Waals surface area contributed by atoms with Crippen molar-refractivity contribution in [1.82, 2.24) is 20.3 Å². The van der Waals surface area contributed by atoms with Crippen LogP contribution in [0, 0.1) is 0 Å². The van der Waals surface area contributed by atoms with Gasteiger partial charge in [-0.3, -0.25) is 4.79 Å². The first-order valence-corrected chi connectivity index (χ1v) is 8.32. The van der Waals surface area contributed by atoms with E-state index in [-0.39, 0.29) is 11.6 Å². The largest absolute Gasteiger partial charge is 0.389 e. The molecule has 3 rings (SSSR count). The van der Waals surface area contributed by atoms with Crippen molar-refractivity contribution in [3.05, 3.63) is 28.4 Å². The first kappa shape index (κ1) is 15.5. The van der Waals surface area contributed by atoms with Gasteiger partial charge in [0.15, 0.2) is 0 Å². The Balaban J connectivity index is 1.88. The lowest BCUT2D eigenvalue weighted by molar-refractivity contribution is 0.0308. The van der Waals surface area contributed by atoms with E-state index in [1.807, 2.05) is 0 Å². The minimum absolute atomic E-state index is 0.195. The van der Waals surface area contributed by atoms with Crippen molar-refractivity contribution < 1.29 is 10.2 Å². The van der Waals surface area contributed by atoms with Gasteiger partial charge in [0.1, 0.15) is 17.1 Å². The molecule has 0 aliphatic carbocycles. The highest BCUT2D eigenvalue weighted by molar-refractivity contribution is 7.99. The van der Waals surface area contributed by atoms with Crippen LogP contribution in [0.5, 0.6) is 0 Å². The van der Waals surface area contributed by atoms with E-state index in [1.165, 1.54) is 6.33 Å². The number of aromatic nitrogens is 3. The van der Waals surface area contributed by atoms with E-state index < -0.39 is 18.2 Å². The van der Waals surface area contributed by atoms with Crippen LogP contribution in [-0.2, 0) is 0 Å². The Morgan fingerprint density at radius 2 is 2.09 bits per heavy atom. The molecular formula is C14H20N4O3S. The molecule has 0 spiro atoms. The third-order valence-corrected chi connectivity index (χ3v) is 5.16. The molecule has 120 valence electrons. The van der Waals surface area contributed by atoms with Gasteiger partial charge in [0.25, 0.3) is 5.56 Å². The predicted octanol–water partition coefficient (Wildman–Crippen LogP) is 0.128. The van der Waals surface area contributed by atoms with Crippen molar-refractivity contribution >= 4 is 22.8 Å². The van der Waals surface area contributed by atoms with Gasteiger partial charge in [-0.2, -0.15) is 11.8 Å². The van der Waals surface area contributed by atoms with Crippen LogP contribution >= 0.6 is 11.8 Å². The molecule has 0 saturated carbocycles. The summed E-state index contributed by atoms with van der Waals surface area (Å²) in [6, 6.07) is -0.643. The molecule has 0 radical (unpaired) electrons. The van der Waals surface area contributed by atoms with Crippen molar-refractivity contribution in [1.29, 1.82) is 0 Å². The average molecular weight is 324 g/mol. The first-order valence-electron chi connectivity index (χ1n) is 7.27. The van der Waals surface area contributed by atoms with E-state index in [0.29, 0.717) is 27.6 Å². The zero-order chi connectivity index (χ0) is 15.9. The fraction of sp³-hybridized carbons (Fsp3) is 0.571. The van der Waals surface area contributed by atoms with Crippen molar-refractivity contribution in [3.8, 4) is 0 Å².